The fourth-order valence-electron chi connectivity index (χ4n) is 1.08. The van der Waals surface area contributed by atoms with Crippen molar-refractivity contribution in [1.82, 2.24) is 0 Å². The Balaban J connectivity index is 2.85. The van der Waals surface area contributed by atoms with E-state index in [9.17, 15) is 4.79 Å². The molecule has 1 N–H and O–H groups in total. The van der Waals surface area contributed by atoms with Crippen LogP contribution in [0, 0.1) is 0 Å². The van der Waals surface area contributed by atoms with E-state index in [-0.39, 0.29) is 20.1 Å². The van der Waals surface area contributed by atoms with Gasteiger partial charge in [0.1, 0.15) is 5.75 Å². The van der Waals surface area contributed by atoms with Crippen molar-refractivity contribution in [2.45, 2.75) is 6.42 Å². The summed E-state index contributed by atoms with van der Waals surface area (Å²) in [6, 6.07) is 5.13. The van der Waals surface area contributed by atoms with Gasteiger partial charge in [0.25, 0.3) is 0 Å². The van der Waals surface area contributed by atoms with Crippen molar-refractivity contribution in [3.63, 3.8) is 0 Å². The maximum absolute atomic E-state index is 11.1. The van der Waals surface area contributed by atoms with Crippen LogP contribution in [0.1, 0.15) is 5.56 Å². The highest BCUT2D eigenvalue weighted by Crippen LogP contribution is 2.23. The number of halogens is 1. The summed E-state index contributed by atoms with van der Waals surface area (Å²) in [4.78, 5) is 11.1. The SMILES string of the molecule is COC(=O)Cc1cc(OBO)ccc1Br. The lowest BCUT2D eigenvalue weighted by atomic mass is 10.1. The van der Waals surface area contributed by atoms with Gasteiger partial charge >= 0.3 is 13.7 Å². The largest absolute Gasteiger partial charge is 0.539 e. The molecule has 0 saturated carbocycles. The molecule has 80 valence electrons. The molecule has 0 saturated heterocycles. The fourth-order valence-corrected chi connectivity index (χ4v) is 1.47. The van der Waals surface area contributed by atoms with Crippen LogP contribution in [-0.2, 0) is 16.0 Å². The normalized spacial score (nSPS) is 9.53. The summed E-state index contributed by atoms with van der Waals surface area (Å²) in [5, 5.41) is 8.58. The Kier molecular flexibility index (Phi) is 4.64. The van der Waals surface area contributed by atoms with Gasteiger partial charge in [-0.25, -0.2) is 0 Å². The van der Waals surface area contributed by atoms with Crippen molar-refractivity contribution in [3.8, 4) is 5.75 Å². The molecular weight excluding hydrogens is 263 g/mol. The van der Waals surface area contributed by atoms with Crippen LogP contribution in [0.25, 0.3) is 0 Å². The van der Waals surface area contributed by atoms with Crippen molar-refractivity contribution in [2.24, 2.45) is 0 Å². The Bertz CT molecular complexity index is 356. The van der Waals surface area contributed by atoms with Crippen molar-refractivity contribution in [1.29, 1.82) is 0 Å². The third-order valence-electron chi connectivity index (χ3n) is 1.81. The van der Waals surface area contributed by atoms with E-state index in [4.69, 9.17) is 9.68 Å². The smallest absolute Gasteiger partial charge is 0.504 e. The predicted molar refractivity (Wildman–Crippen MR) is 59.9 cm³/mol. The molecule has 15 heavy (non-hydrogen) atoms. The maximum Gasteiger partial charge on any atom is 0.504 e. The van der Waals surface area contributed by atoms with Crippen LogP contribution in [0.5, 0.6) is 5.75 Å². The van der Waals surface area contributed by atoms with Crippen molar-refractivity contribution >= 4 is 29.6 Å². The first kappa shape index (κ1) is 12.1. The summed E-state index contributed by atoms with van der Waals surface area (Å²) >= 11 is 3.31. The van der Waals surface area contributed by atoms with Gasteiger partial charge in [0.05, 0.1) is 13.5 Å². The van der Waals surface area contributed by atoms with E-state index >= 15 is 0 Å². The molecule has 0 bridgehead atoms. The van der Waals surface area contributed by atoms with Crippen molar-refractivity contribution in [3.05, 3.63) is 28.2 Å². The minimum absolute atomic E-state index is 0.166. The van der Waals surface area contributed by atoms with Gasteiger partial charge in [-0.2, -0.15) is 0 Å². The van der Waals surface area contributed by atoms with E-state index in [1.807, 2.05) is 0 Å². The second-order valence-electron chi connectivity index (χ2n) is 2.78. The van der Waals surface area contributed by atoms with Gasteiger partial charge in [-0.3, -0.25) is 4.79 Å². The standard InChI is InChI=1S/C9H10BBrO4/c1-14-9(12)5-6-4-7(15-10-13)2-3-8(6)11/h2-4,10,13H,5H2,1H3. The van der Waals surface area contributed by atoms with E-state index in [2.05, 4.69) is 20.7 Å². The topological polar surface area (TPSA) is 55.8 Å². The zero-order valence-corrected chi connectivity index (χ0v) is 9.78. The van der Waals surface area contributed by atoms with E-state index in [1.165, 1.54) is 7.11 Å². The van der Waals surface area contributed by atoms with Gasteiger partial charge < -0.3 is 14.4 Å². The highest BCUT2D eigenvalue weighted by atomic mass is 79.9. The monoisotopic (exact) mass is 272 g/mol. The molecule has 0 aliphatic rings. The molecule has 0 amide bonds. The lowest BCUT2D eigenvalue weighted by Gasteiger charge is -2.07. The Hall–Kier alpha value is -1.01. The Morgan fingerprint density at radius 3 is 2.93 bits per heavy atom. The quantitative estimate of drug-likeness (QED) is 0.651. The molecule has 0 radical (unpaired) electrons. The predicted octanol–water partition coefficient (Wildman–Crippen LogP) is 0.802. The molecule has 0 heterocycles. The summed E-state index contributed by atoms with van der Waals surface area (Å²) in [6.45, 7) is 0. The van der Waals surface area contributed by atoms with E-state index in [0.29, 0.717) is 5.75 Å². The average Bonchev–Trinajstić information content (AvgIpc) is 2.23. The van der Waals surface area contributed by atoms with Crippen LogP contribution in [0.15, 0.2) is 22.7 Å². The van der Waals surface area contributed by atoms with Crippen LogP contribution < -0.4 is 4.65 Å². The molecule has 0 fully saturated rings. The molecule has 4 nitrogen and oxygen atoms in total. The van der Waals surface area contributed by atoms with Crippen molar-refractivity contribution < 1.29 is 19.2 Å². The number of esters is 1. The Morgan fingerprint density at radius 1 is 1.60 bits per heavy atom. The van der Waals surface area contributed by atoms with Crippen LogP contribution in [0.2, 0.25) is 0 Å². The lowest BCUT2D eigenvalue weighted by molar-refractivity contribution is -0.139. The Labute approximate surface area is 96.6 Å². The van der Waals surface area contributed by atoms with Gasteiger partial charge in [-0.15, -0.1) is 0 Å². The summed E-state index contributed by atoms with van der Waals surface area (Å²) in [6.07, 6.45) is 0.166. The van der Waals surface area contributed by atoms with Gasteiger partial charge in [0.2, 0.25) is 0 Å². The molecule has 0 unspecified atom stereocenters. The number of carbonyl (C=O) groups is 1. The number of hydrogen-bond donors (Lipinski definition) is 1. The van der Waals surface area contributed by atoms with Crippen LogP contribution in [0.4, 0.5) is 0 Å². The van der Waals surface area contributed by atoms with Gasteiger partial charge in [0.15, 0.2) is 0 Å². The van der Waals surface area contributed by atoms with E-state index in [1.54, 1.807) is 18.2 Å². The minimum Gasteiger partial charge on any atom is -0.539 e. The zero-order chi connectivity index (χ0) is 11.3. The molecule has 0 atom stereocenters. The van der Waals surface area contributed by atoms with Crippen molar-refractivity contribution in [2.75, 3.05) is 7.11 Å². The second-order valence-corrected chi connectivity index (χ2v) is 3.63. The first-order valence-corrected chi connectivity index (χ1v) is 5.05. The first-order valence-electron chi connectivity index (χ1n) is 4.26. The zero-order valence-electron chi connectivity index (χ0n) is 8.20. The lowest BCUT2D eigenvalue weighted by Crippen LogP contribution is -2.06. The molecule has 0 aromatic heterocycles. The summed E-state index contributed by atoms with van der Waals surface area (Å²) in [5.41, 5.74) is 0.757. The minimum atomic E-state index is -0.390. The first-order chi connectivity index (χ1) is 7.17. The highest BCUT2D eigenvalue weighted by molar-refractivity contribution is 9.10. The molecule has 1 aromatic rings. The highest BCUT2D eigenvalue weighted by Gasteiger charge is 2.08. The molecule has 0 aliphatic heterocycles. The summed E-state index contributed by atoms with van der Waals surface area (Å²) in [5.74, 6) is 0.191. The fraction of sp³-hybridized carbons (Fsp3) is 0.222. The number of methoxy groups -OCH3 is 1. The van der Waals surface area contributed by atoms with Gasteiger partial charge in [-0.05, 0) is 23.8 Å². The van der Waals surface area contributed by atoms with Crippen LogP contribution in [0.3, 0.4) is 0 Å². The molecule has 0 spiro atoms. The van der Waals surface area contributed by atoms with Gasteiger partial charge in [0, 0.05) is 4.47 Å². The van der Waals surface area contributed by atoms with Crippen LogP contribution >= 0.6 is 15.9 Å². The van der Waals surface area contributed by atoms with E-state index < -0.39 is 0 Å². The number of hydrogen-bond acceptors (Lipinski definition) is 4. The van der Waals surface area contributed by atoms with Crippen LogP contribution in [-0.4, -0.2) is 25.8 Å². The maximum atomic E-state index is 11.1. The summed E-state index contributed by atoms with van der Waals surface area (Å²) < 4.78 is 10.3. The average molecular weight is 273 g/mol. The third kappa shape index (κ3) is 3.56. The number of benzene rings is 1. The van der Waals surface area contributed by atoms with Gasteiger partial charge in [-0.1, -0.05) is 15.9 Å². The second kappa shape index (κ2) is 5.77. The molecule has 1 aromatic carbocycles. The Morgan fingerprint density at radius 2 is 2.33 bits per heavy atom. The molecule has 0 aliphatic carbocycles. The molecule has 6 heteroatoms. The van der Waals surface area contributed by atoms with E-state index in [0.717, 1.165) is 10.0 Å². The number of ether oxygens (including phenoxy) is 1. The molecule has 1 rings (SSSR count). The molecular formula is C9H10BBrO4. The third-order valence-corrected chi connectivity index (χ3v) is 2.58. The number of carbonyl (C=O) groups excluding carboxylic acids is 1. The number of rotatable bonds is 4. The summed E-state index contributed by atoms with van der Waals surface area (Å²) in [7, 11) is 0.948.